The van der Waals surface area contributed by atoms with Crippen LogP contribution in [0.3, 0.4) is 0 Å². The fourth-order valence-corrected chi connectivity index (χ4v) is 2.51. The van der Waals surface area contributed by atoms with Gasteiger partial charge in [-0.3, -0.25) is 4.79 Å². The molecule has 23 heavy (non-hydrogen) atoms. The molecule has 0 aromatic rings. The number of carboxylic acids is 1. The van der Waals surface area contributed by atoms with E-state index in [2.05, 4.69) is 6.92 Å². The van der Waals surface area contributed by atoms with E-state index in [0.29, 0.717) is 6.42 Å². The molecule has 0 aromatic heterocycles. The predicted octanol–water partition coefficient (Wildman–Crippen LogP) is 0.290. The number of carbonyl (C=O) groups excluding carboxylic acids is 2. The second-order valence-corrected chi connectivity index (χ2v) is 6.22. The summed E-state index contributed by atoms with van der Waals surface area (Å²) in [5, 5.41) is 10.3. The maximum atomic E-state index is 11.7. The van der Waals surface area contributed by atoms with Gasteiger partial charge in [-0.1, -0.05) is 71.1 Å². The smallest absolute Gasteiger partial charge is 0.550 e. The van der Waals surface area contributed by atoms with E-state index in [1.54, 1.807) is 7.05 Å². The molecular weight excluding hydrogens is 317 g/mol. The maximum absolute atomic E-state index is 11.7. The van der Waals surface area contributed by atoms with Gasteiger partial charge in [-0.05, 0) is 6.42 Å². The second kappa shape index (κ2) is 18.9. The molecule has 130 valence electrons. The molecule has 0 spiro atoms. The first kappa shape index (κ1) is 25.8. The van der Waals surface area contributed by atoms with Crippen molar-refractivity contribution >= 4 is 11.9 Å². The van der Waals surface area contributed by atoms with Crippen molar-refractivity contribution in [2.24, 2.45) is 0 Å². The number of nitrogens with zero attached hydrogens (tertiary/aromatic N) is 1. The fraction of sp³-hybridized carbons (Fsp3) is 0.889. The molecule has 0 aliphatic rings. The van der Waals surface area contributed by atoms with Crippen LogP contribution in [-0.2, 0) is 9.59 Å². The van der Waals surface area contributed by atoms with Gasteiger partial charge in [0.1, 0.15) is 0 Å². The SMILES string of the molecule is CCCCCCCCCCCCCC(=O)N(C)CCC(=O)[O-].[K+]. The minimum absolute atomic E-state index is 0. The Morgan fingerprint density at radius 1 is 0.783 bits per heavy atom. The van der Waals surface area contributed by atoms with E-state index < -0.39 is 5.97 Å². The number of rotatable bonds is 15. The molecule has 0 aromatic carbocycles. The summed E-state index contributed by atoms with van der Waals surface area (Å²) in [6.45, 7) is 2.49. The van der Waals surface area contributed by atoms with E-state index in [1.165, 1.54) is 62.7 Å². The third kappa shape index (κ3) is 18.8. The standard InChI is InChI=1S/C18H35NO3.K/c1-3-4-5-6-7-8-9-10-11-12-13-14-17(20)19(2)16-15-18(21)22;/h3-16H2,1-2H3,(H,21,22);/q;+1/p-1. The van der Waals surface area contributed by atoms with E-state index in [0.717, 1.165) is 12.8 Å². The van der Waals surface area contributed by atoms with Gasteiger partial charge in [-0.25, -0.2) is 0 Å². The molecule has 1 amide bonds. The van der Waals surface area contributed by atoms with Gasteiger partial charge in [0.05, 0.1) is 0 Å². The summed E-state index contributed by atoms with van der Waals surface area (Å²) in [7, 11) is 1.66. The average Bonchev–Trinajstić information content (AvgIpc) is 2.49. The van der Waals surface area contributed by atoms with Gasteiger partial charge in [0.25, 0.3) is 0 Å². The normalized spacial score (nSPS) is 10.2. The molecular formula is C18H34KNO3. The number of carbonyl (C=O) groups is 2. The first-order valence-corrected chi connectivity index (χ1v) is 9.01. The zero-order valence-electron chi connectivity index (χ0n) is 15.6. The number of amides is 1. The largest absolute Gasteiger partial charge is 1.00 e. The van der Waals surface area contributed by atoms with E-state index in [1.807, 2.05) is 0 Å². The molecule has 5 heteroatoms. The van der Waals surface area contributed by atoms with Crippen LogP contribution in [0.5, 0.6) is 0 Å². The van der Waals surface area contributed by atoms with Crippen LogP contribution >= 0.6 is 0 Å². The van der Waals surface area contributed by atoms with Crippen LogP contribution in [0.1, 0.15) is 90.4 Å². The molecule has 4 nitrogen and oxygen atoms in total. The van der Waals surface area contributed by atoms with Gasteiger partial charge in [0.15, 0.2) is 0 Å². The van der Waals surface area contributed by atoms with Crippen LogP contribution in [0.25, 0.3) is 0 Å². The molecule has 0 saturated heterocycles. The summed E-state index contributed by atoms with van der Waals surface area (Å²) >= 11 is 0. The van der Waals surface area contributed by atoms with Gasteiger partial charge in [0.2, 0.25) is 5.91 Å². The Labute approximate surface area is 185 Å². The molecule has 0 N–H and O–H groups in total. The molecule has 0 heterocycles. The van der Waals surface area contributed by atoms with Crippen LogP contribution in [0, 0.1) is 0 Å². The van der Waals surface area contributed by atoms with Crippen molar-refractivity contribution in [2.45, 2.75) is 90.4 Å². The molecule has 0 bridgehead atoms. The van der Waals surface area contributed by atoms with E-state index in [-0.39, 0.29) is 70.3 Å². The Kier molecular flexibility index (Phi) is 21.2. The van der Waals surface area contributed by atoms with E-state index in [4.69, 9.17) is 0 Å². The molecule has 0 radical (unpaired) electrons. The number of hydrogen-bond donors (Lipinski definition) is 0. The Morgan fingerprint density at radius 2 is 1.22 bits per heavy atom. The van der Waals surface area contributed by atoms with E-state index >= 15 is 0 Å². The molecule has 0 fully saturated rings. The van der Waals surface area contributed by atoms with Crippen molar-refractivity contribution in [3.8, 4) is 0 Å². The average molecular weight is 352 g/mol. The van der Waals surface area contributed by atoms with E-state index in [9.17, 15) is 14.7 Å². The third-order valence-corrected chi connectivity index (χ3v) is 4.07. The van der Waals surface area contributed by atoms with Crippen LogP contribution in [-0.4, -0.2) is 30.4 Å². The van der Waals surface area contributed by atoms with Gasteiger partial charge in [-0.2, -0.15) is 0 Å². The zero-order valence-corrected chi connectivity index (χ0v) is 18.7. The number of unbranched alkanes of at least 4 members (excludes halogenated alkanes) is 10. The monoisotopic (exact) mass is 351 g/mol. The summed E-state index contributed by atoms with van der Waals surface area (Å²) in [5.74, 6) is -1.06. The summed E-state index contributed by atoms with van der Waals surface area (Å²) < 4.78 is 0. The van der Waals surface area contributed by atoms with Crippen molar-refractivity contribution in [1.29, 1.82) is 0 Å². The number of carboxylic acid groups (broad SMARTS) is 1. The van der Waals surface area contributed by atoms with Crippen molar-refractivity contribution in [3.05, 3.63) is 0 Å². The molecule has 0 atom stereocenters. The number of aliphatic carboxylic acids is 1. The Bertz CT molecular complexity index is 298. The third-order valence-electron chi connectivity index (χ3n) is 4.07. The zero-order chi connectivity index (χ0) is 16.6. The quantitative estimate of drug-likeness (QED) is 0.315. The van der Waals surface area contributed by atoms with Crippen molar-refractivity contribution in [1.82, 2.24) is 4.90 Å². The topological polar surface area (TPSA) is 60.4 Å². The van der Waals surface area contributed by atoms with Crippen LogP contribution < -0.4 is 56.5 Å². The molecule has 0 saturated carbocycles. The number of hydrogen-bond acceptors (Lipinski definition) is 3. The fourth-order valence-electron chi connectivity index (χ4n) is 2.51. The van der Waals surface area contributed by atoms with Crippen LogP contribution in [0.15, 0.2) is 0 Å². The van der Waals surface area contributed by atoms with Gasteiger partial charge >= 0.3 is 51.4 Å². The van der Waals surface area contributed by atoms with Gasteiger partial charge < -0.3 is 14.8 Å². The first-order valence-electron chi connectivity index (χ1n) is 9.01. The molecule has 0 rings (SSSR count). The van der Waals surface area contributed by atoms with Gasteiger partial charge in [-0.15, -0.1) is 0 Å². The van der Waals surface area contributed by atoms with Crippen LogP contribution in [0.2, 0.25) is 0 Å². The first-order chi connectivity index (χ1) is 10.6. The molecule has 0 aliphatic heterocycles. The maximum Gasteiger partial charge on any atom is 1.00 e. The molecule has 0 aliphatic carbocycles. The summed E-state index contributed by atoms with van der Waals surface area (Å²) in [6.07, 6.45) is 14.4. The Balaban J connectivity index is 0. The Hall–Kier alpha value is 0.576. The summed E-state index contributed by atoms with van der Waals surface area (Å²) in [4.78, 5) is 23.6. The summed E-state index contributed by atoms with van der Waals surface area (Å²) in [6, 6.07) is 0. The van der Waals surface area contributed by atoms with Crippen LogP contribution in [0.4, 0.5) is 0 Å². The minimum Gasteiger partial charge on any atom is -0.550 e. The van der Waals surface area contributed by atoms with Crippen molar-refractivity contribution < 1.29 is 66.1 Å². The summed E-state index contributed by atoms with van der Waals surface area (Å²) in [5.41, 5.74) is 0. The predicted molar refractivity (Wildman–Crippen MR) is 88.3 cm³/mol. The van der Waals surface area contributed by atoms with Crippen molar-refractivity contribution in [2.75, 3.05) is 13.6 Å². The van der Waals surface area contributed by atoms with Gasteiger partial charge in [0, 0.05) is 32.4 Å². The second-order valence-electron chi connectivity index (χ2n) is 6.22. The molecule has 0 unspecified atom stereocenters. The van der Waals surface area contributed by atoms with Crippen molar-refractivity contribution in [3.63, 3.8) is 0 Å². The Morgan fingerprint density at radius 3 is 1.65 bits per heavy atom. The minimum atomic E-state index is -1.10.